The van der Waals surface area contributed by atoms with Crippen molar-refractivity contribution in [1.82, 2.24) is 0 Å². The van der Waals surface area contributed by atoms with Gasteiger partial charge in [-0.2, -0.15) is 0 Å². The van der Waals surface area contributed by atoms with Gasteiger partial charge in [0.15, 0.2) is 9.84 Å². The minimum atomic E-state index is -3.13. The van der Waals surface area contributed by atoms with Crippen molar-refractivity contribution in [2.45, 2.75) is 38.0 Å². The number of benzene rings is 1. The fourth-order valence-corrected chi connectivity index (χ4v) is 4.05. The molecule has 0 amide bonds. The van der Waals surface area contributed by atoms with E-state index in [9.17, 15) is 8.42 Å². The second-order valence-electron chi connectivity index (χ2n) is 6.96. The third-order valence-corrected chi connectivity index (χ3v) is 5.42. The van der Waals surface area contributed by atoms with E-state index in [-0.39, 0.29) is 5.75 Å². The molecule has 2 N–H and O–H groups in total. The number of rotatable bonds is 5. The van der Waals surface area contributed by atoms with E-state index in [0.717, 1.165) is 24.3 Å². The van der Waals surface area contributed by atoms with Gasteiger partial charge in [0, 0.05) is 25.0 Å². The Morgan fingerprint density at radius 2 is 1.88 bits per heavy atom. The summed E-state index contributed by atoms with van der Waals surface area (Å²) in [7, 11) is -3.13. The Morgan fingerprint density at radius 3 is 2.56 bits per heavy atom. The summed E-state index contributed by atoms with van der Waals surface area (Å²) < 4.78 is 28.6. The second kappa shape index (κ2) is 7.22. The van der Waals surface area contributed by atoms with Gasteiger partial charge in [0.25, 0.3) is 0 Å². The van der Waals surface area contributed by atoms with Crippen molar-refractivity contribution < 1.29 is 12.8 Å². The minimum absolute atomic E-state index is 0.105. The first-order valence-electron chi connectivity index (χ1n) is 8.71. The summed E-state index contributed by atoms with van der Waals surface area (Å²) in [4.78, 5) is 2.39. The molecular weight excluding hydrogens is 336 g/mol. The molecule has 1 aromatic carbocycles. The Hall–Kier alpha value is -1.79. The van der Waals surface area contributed by atoms with E-state index in [2.05, 4.69) is 30.0 Å². The van der Waals surface area contributed by atoms with Crippen molar-refractivity contribution in [3.05, 3.63) is 53.0 Å². The van der Waals surface area contributed by atoms with Gasteiger partial charge >= 0.3 is 0 Å². The van der Waals surface area contributed by atoms with Crippen LogP contribution in [0.4, 0.5) is 5.69 Å². The zero-order valence-electron chi connectivity index (χ0n) is 14.9. The molecule has 0 spiro atoms. The molecule has 6 heteroatoms. The van der Waals surface area contributed by atoms with Crippen LogP contribution in [0.1, 0.15) is 48.0 Å². The molecule has 1 fully saturated rings. The molecule has 2 aromatic rings. The molecule has 1 unspecified atom stereocenters. The van der Waals surface area contributed by atoms with Gasteiger partial charge in [0.1, 0.15) is 17.3 Å². The normalized spacial score (nSPS) is 16.8. The Morgan fingerprint density at radius 1 is 1.16 bits per heavy atom. The first kappa shape index (κ1) is 18.0. The van der Waals surface area contributed by atoms with Crippen molar-refractivity contribution in [3.8, 4) is 0 Å². The maximum atomic E-state index is 11.4. The van der Waals surface area contributed by atoms with Gasteiger partial charge in [-0.05, 0) is 55.5 Å². The van der Waals surface area contributed by atoms with Gasteiger partial charge in [0.05, 0.1) is 6.04 Å². The molecule has 1 atom stereocenters. The highest BCUT2D eigenvalue weighted by Crippen LogP contribution is 2.32. The molecule has 2 heterocycles. The smallest absolute Gasteiger partial charge is 0.154 e. The topological polar surface area (TPSA) is 76.5 Å². The zero-order chi connectivity index (χ0) is 18.0. The largest absolute Gasteiger partial charge is 0.463 e. The van der Waals surface area contributed by atoms with Crippen LogP contribution in [0.25, 0.3) is 0 Å². The number of nitrogens with zero attached hydrogens (tertiary/aromatic N) is 1. The number of furan rings is 1. The van der Waals surface area contributed by atoms with E-state index in [1.54, 1.807) is 12.1 Å². The molecule has 3 rings (SSSR count). The van der Waals surface area contributed by atoms with Gasteiger partial charge < -0.3 is 15.1 Å². The molecule has 136 valence electrons. The van der Waals surface area contributed by atoms with Crippen LogP contribution in [-0.4, -0.2) is 27.8 Å². The van der Waals surface area contributed by atoms with E-state index in [1.807, 2.05) is 0 Å². The molecular formula is C19H26N2O3S. The average molecular weight is 362 g/mol. The van der Waals surface area contributed by atoms with Crippen LogP contribution in [0.3, 0.4) is 0 Å². The van der Waals surface area contributed by atoms with Crippen molar-refractivity contribution in [2.24, 2.45) is 5.73 Å². The summed E-state index contributed by atoms with van der Waals surface area (Å²) in [5, 5.41) is 0. The summed E-state index contributed by atoms with van der Waals surface area (Å²) in [6, 6.07) is 9.37. The van der Waals surface area contributed by atoms with Crippen LogP contribution in [-0.2, 0) is 15.6 Å². The van der Waals surface area contributed by atoms with Crippen molar-refractivity contribution >= 4 is 15.5 Å². The summed E-state index contributed by atoms with van der Waals surface area (Å²) in [5.41, 5.74) is 9.87. The summed E-state index contributed by atoms with van der Waals surface area (Å²) in [6.07, 6.45) is 4.87. The van der Waals surface area contributed by atoms with Gasteiger partial charge in [0.2, 0.25) is 0 Å². The molecule has 1 aliphatic rings. The Kier molecular flexibility index (Phi) is 5.20. The van der Waals surface area contributed by atoms with Crippen LogP contribution in [0, 0.1) is 6.92 Å². The van der Waals surface area contributed by atoms with Crippen LogP contribution >= 0.6 is 0 Å². The lowest BCUT2D eigenvalue weighted by Crippen LogP contribution is -2.31. The fraction of sp³-hybridized carbons (Fsp3) is 0.474. The van der Waals surface area contributed by atoms with E-state index < -0.39 is 15.9 Å². The molecule has 1 aliphatic heterocycles. The monoisotopic (exact) mass is 362 g/mol. The summed E-state index contributed by atoms with van der Waals surface area (Å²) >= 11 is 0. The third kappa shape index (κ3) is 4.44. The number of aryl methyl sites for hydroxylation is 1. The van der Waals surface area contributed by atoms with Crippen LogP contribution in [0.15, 0.2) is 34.7 Å². The highest BCUT2D eigenvalue weighted by Gasteiger charge is 2.22. The van der Waals surface area contributed by atoms with E-state index >= 15 is 0 Å². The van der Waals surface area contributed by atoms with E-state index in [4.69, 9.17) is 10.2 Å². The molecule has 5 nitrogen and oxygen atoms in total. The predicted molar refractivity (Wildman–Crippen MR) is 101 cm³/mol. The molecule has 0 aliphatic carbocycles. The maximum Gasteiger partial charge on any atom is 0.154 e. The summed E-state index contributed by atoms with van der Waals surface area (Å²) in [5.74, 6) is 0.924. The van der Waals surface area contributed by atoms with E-state index in [0.29, 0.717) is 11.5 Å². The number of piperidine rings is 1. The van der Waals surface area contributed by atoms with E-state index in [1.165, 1.54) is 31.1 Å². The Balaban J connectivity index is 1.90. The van der Waals surface area contributed by atoms with Gasteiger partial charge in [-0.25, -0.2) is 8.42 Å². The highest BCUT2D eigenvalue weighted by atomic mass is 32.2. The molecule has 1 saturated heterocycles. The number of hydrogen-bond acceptors (Lipinski definition) is 5. The van der Waals surface area contributed by atoms with Crippen LogP contribution in [0.2, 0.25) is 0 Å². The fourth-order valence-electron chi connectivity index (χ4n) is 3.38. The summed E-state index contributed by atoms with van der Waals surface area (Å²) in [6.45, 7) is 4.17. The lowest BCUT2D eigenvalue weighted by molar-refractivity contribution is 0.459. The Labute approximate surface area is 149 Å². The molecule has 25 heavy (non-hydrogen) atoms. The number of nitrogens with two attached hydrogens (primary N) is 1. The van der Waals surface area contributed by atoms with Crippen LogP contribution < -0.4 is 10.6 Å². The number of sulfone groups is 1. The van der Waals surface area contributed by atoms with Crippen LogP contribution in [0.5, 0.6) is 0 Å². The number of anilines is 1. The molecule has 0 saturated carbocycles. The van der Waals surface area contributed by atoms with Crippen molar-refractivity contribution in [1.29, 1.82) is 0 Å². The number of hydrogen-bond donors (Lipinski definition) is 1. The zero-order valence-corrected chi connectivity index (χ0v) is 15.7. The van der Waals surface area contributed by atoms with Gasteiger partial charge in [-0.1, -0.05) is 12.1 Å². The third-order valence-electron chi connectivity index (χ3n) is 4.61. The lowest BCUT2D eigenvalue weighted by atomic mass is 9.99. The molecule has 1 aromatic heterocycles. The Bertz CT molecular complexity index is 836. The van der Waals surface area contributed by atoms with Crippen molar-refractivity contribution in [3.63, 3.8) is 0 Å². The molecule has 0 radical (unpaired) electrons. The minimum Gasteiger partial charge on any atom is -0.463 e. The average Bonchev–Trinajstić information content (AvgIpc) is 3.01. The van der Waals surface area contributed by atoms with Crippen molar-refractivity contribution in [2.75, 3.05) is 24.2 Å². The first-order valence-corrected chi connectivity index (χ1v) is 10.8. The quantitative estimate of drug-likeness (QED) is 0.884. The predicted octanol–water partition coefficient (Wildman–Crippen LogP) is 3.17. The first-order chi connectivity index (χ1) is 11.8. The lowest BCUT2D eigenvalue weighted by Gasteiger charge is -2.32. The highest BCUT2D eigenvalue weighted by molar-refractivity contribution is 7.89. The maximum absolute atomic E-state index is 11.4. The standard InChI is InChI=1S/C19H26N2O3S/c1-14-6-8-16(17(12-14)21-10-4-3-5-11-21)19(20)18-9-7-15(24-18)13-25(2,22)23/h6-9,12,19H,3-5,10-11,13,20H2,1-2H3. The second-order valence-corrected chi connectivity index (χ2v) is 9.10. The van der Waals surface area contributed by atoms with Gasteiger partial charge in [-0.3, -0.25) is 0 Å². The van der Waals surface area contributed by atoms with Gasteiger partial charge in [-0.15, -0.1) is 0 Å². The SMILES string of the molecule is Cc1ccc(C(N)c2ccc(CS(C)(=O)=O)o2)c(N2CCCCC2)c1. The molecule has 0 bridgehead atoms.